The van der Waals surface area contributed by atoms with Gasteiger partial charge in [-0.1, -0.05) is 25.1 Å². The van der Waals surface area contributed by atoms with E-state index < -0.39 is 11.2 Å². The summed E-state index contributed by atoms with van der Waals surface area (Å²) in [6, 6.07) is 10.6. The molecule has 3 saturated carbocycles. The minimum Gasteiger partial charge on any atom is -0.393 e. The number of rotatable bonds is 1. The average molecular weight is 434 g/mol. The lowest BCUT2D eigenvalue weighted by molar-refractivity contribution is -0.228. The van der Waals surface area contributed by atoms with E-state index in [2.05, 4.69) is 42.2 Å². The number of pyridine rings is 1. The van der Waals surface area contributed by atoms with Crippen molar-refractivity contribution in [1.82, 2.24) is 4.98 Å². The normalized spacial score (nSPS) is 43.7. The Balaban J connectivity index is 1.35. The molecule has 2 aromatic rings. The van der Waals surface area contributed by atoms with Crippen molar-refractivity contribution in [2.45, 2.75) is 82.0 Å². The van der Waals surface area contributed by atoms with Crippen molar-refractivity contribution >= 4 is 16.5 Å². The van der Waals surface area contributed by atoms with Gasteiger partial charge in [-0.25, -0.2) is 0 Å². The molecule has 3 N–H and O–H groups in total. The van der Waals surface area contributed by atoms with Gasteiger partial charge in [0.15, 0.2) is 0 Å². The van der Waals surface area contributed by atoms with Gasteiger partial charge in [0.25, 0.3) is 0 Å². The van der Waals surface area contributed by atoms with Gasteiger partial charge in [-0.15, -0.1) is 0 Å². The van der Waals surface area contributed by atoms with Crippen LogP contribution in [0.4, 0.5) is 0 Å². The lowest BCUT2D eigenvalue weighted by Crippen LogP contribution is -2.64. The SMILES string of the molecule is CC12CCC3(O)CC4CC(O)CCC4CC[C@]3(O)C1CC=C2c1ccc2ncccc2c1. The van der Waals surface area contributed by atoms with Crippen LogP contribution in [0.15, 0.2) is 42.6 Å². The summed E-state index contributed by atoms with van der Waals surface area (Å²) < 4.78 is 0. The first-order valence-corrected chi connectivity index (χ1v) is 12.5. The number of allylic oxidation sites excluding steroid dienone is 2. The van der Waals surface area contributed by atoms with Gasteiger partial charge in [-0.3, -0.25) is 4.98 Å². The largest absolute Gasteiger partial charge is 0.393 e. The lowest BCUT2D eigenvalue weighted by atomic mass is 9.52. The maximum absolute atomic E-state index is 12.3. The van der Waals surface area contributed by atoms with E-state index in [0.717, 1.165) is 49.4 Å². The van der Waals surface area contributed by atoms with Crippen LogP contribution in [0, 0.1) is 23.2 Å². The molecule has 1 aromatic heterocycles. The second-order valence-electron chi connectivity index (χ2n) is 11.4. The van der Waals surface area contributed by atoms with E-state index in [1.165, 1.54) is 11.1 Å². The van der Waals surface area contributed by atoms with Crippen molar-refractivity contribution in [1.29, 1.82) is 0 Å². The molecule has 4 aliphatic rings. The predicted octanol–water partition coefficient (Wildman–Crippen LogP) is 4.86. The van der Waals surface area contributed by atoms with E-state index in [4.69, 9.17) is 0 Å². The standard InChI is InChI=1S/C28H35NO3/c1-26-12-13-27(31)17-21-16-22(30)6-4-18(21)10-11-28(27,32)25(26)9-7-23(26)19-5-8-24-20(15-19)3-2-14-29-24/h2-3,5,7-8,14-15,18,21-22,25,30-32H,4,6,9-13,16-17H2,1H3/t18?,21?,22?,25?,26?,27?,28-/m0/s1. The highest BCUT2D eigenvalue weighted by Gasteiger charge is 2.65. The van der Waals surface area contributed by atoms with Crippen LogP contribution in [0.2, 0.25) is 0 Å². The topological polar surface area (TPSA) is 73.6 Å². The van der Waals surface area contributed by atoms with Crippen molar-refractivity contribution < 1.29 is 15.3 Å². The van der Waals surface area contributed by atoms with E-state index in [-0.39, 0.29) is 17.4 Å². The number of aliphatic hydroxyl groups is 3. The Morgan fingerprint density at radius 2 is 1.88 bits per heavy atom. The summed E-state index contributed by atoms with van der Waals surface area (Å²) in [5.41, 5.74) is 1.27. The molecule has 4 aliphatic carbocycles. The first kappa shape index (κ1) is 20.8. The molecule has 0 bridgehead atoms. The van der Waals surface area contributed by atoms with Gasteiger partial charge in [0.1, 0.15) is 0 Å². The van der Waals surface area contributed by atoms with Crippen LogP contribution in [0.3, 0.4) is 0 Å². The summed E-state index contributed by atoms with van der Waals surface area (Å²) in [4.78, 5) is 4.46. The molecule has 0 aliphatic heterocycles. The molecule has 1 heterocycles. The zero-order chi connectivity index (χ0) is 22.1. The Morgan fingerprint density at radius 3 is 2.75 bits per heavy atom. The number of nitrogens with zero attached hydrogens (tertiary/aromatic N) is 1. The molecule has 32 heavy (non-hydrogen) atoms. The molecule has 0 amide bonds. The molecule has 6 rings (SSSR count). The summed E-state index contributed by atoms with van der Waals surface area (Å²) in [6.45, 7) is 2.31. The fourth-order valence-corrected chi connectivity index (χ4v) is 8.10. The van der Waals surface area contributed by atoms with Crippen LogP contribution >= 0.6 is 0 Å². The highest BCUT2D eigenvalue weighted by atomic mass is 16.4. The minimum atomic E-state index is -1.07. The van der Waals surface area contributed by atoms with Crippen molar-refractivity contribution in [2.75, 3.05) is 0 Å². The first-order valence-electron chi connectivity index (χ1n) is 12.5. The van der Waals surface area contributed by atoms with E-state index in [1.54, 1.807) is 0 Å². The van der Waals surface area contributed by atoms with E-state index in [1.807, 2.05) is 12.3 Å². The maximum atomic E-state index is 12.3. The molecule has 4 nitrogen and oxygen atoms in total. The van der Waals surface area contributed by atoms with Crippen LogP contribution in [0.25, 0.3) is 16.5 Å². The predicted molar refractivity (Wildman–Crippen MR) is 126 cm³/mol. The van der Waals surface area contributed by atoms with Crippen molar-refractivity contribution in [2.24, 2.45) is 23.2 Å². The Labute approximate surface area is 190 Å². The molecular weight excluding hydrogens is 398 g/mol. The molecule has 3 fully saturated rings. The fraction of sp³-hybridized carbons (Fsp3) is 0.607. The highest BCUT2D eigenvalue weighted by molar-refractivity contribution is 5.85. The highest BCUT2D eigenvalue weighted by Crippen LogP contribution is 2.65. The van der Waals surface area contributed by atoms with E-state index >= 15 is 0 Å². The third-order valence-corrected chi connectivity index (χ3v) is 9.90. The van der Waals surface area contributed by atoms with Crippen LogP contribution in [0.5, 0.6) is 0 Å². The van der Waals surface area contributed by atoms with Gasteiger partial charge in [0, 0.05) is 17.5 Å². The monoisotopic (exact) mass is 433 g/mol. The number of fused-ring (bicyclic) bond motifs is 5. The van der Waals surface area contributed by atoms with E-state index in [9.17, 15) is 15.3 Å². The summed E-state index contributed by atoms with van der Waals surface area (Å²) in [5.74, 6) is 0.868. The molecule has 7 atom stereocenters. The van der Waals surface area contributed by atoms with Gasteiger partial charge in [-0.05, 0) is 104 Å². The van der Waals surface area contributed by atoms with Crippen molar-refractivity contribution in [3.63, 3.8) is 0 Å². The smallest absolute Gasteiger partial charge is 0.0972 e. The van der Waals surface area contributed by atoms with Crippen molar-refractivity contribution in [3.05, 3.63) is 48.2 Å². The molecule has 4 heteroatoms. The molecule has 0 spiro atoms. The summed E-state index contributed by atoms with van der Waals surface area (Å²) in [5, 5.41) is 35.6. The number of hydrogen-bond donors (Lipinski definition) is 3. The van der Waals surface area contributed by atoms with Gasteiger partial charge in [0.05, 0.1) is 22.8 Å². The Kier molecular flexibility index (Phi) is 4.64. The lowest BCUT2D eigenvalue weighted by Gasteiger charge is -2.57. The zero-order valence-corrected chi connectivity index (χ0v) is 19.0. The van der Waals surface area contributed by atoms with Crippen LogP contribution in [-0.2, 0) is 0 Å². The molecule has 170 valence electrons. The molecule has 0 saturated heterocycles. The van der Waals surface area contributed by atoms with Gasteiger partial charge in [-0.2, -0.15) is 0 Å². The van der Waals surface area contributed by atoms with Crippen LogP contribution in [-0.4, -0.2) is 37.6 Å². The number of aromatic nitrogens is 1. The minimum absolute atomic E-state index is 0.0263. The second-order valence-corrected chi connectivity index (χ2v) is 11.4. The third kappa shape index (κ3) is 2.89. The third-order valence-electron chi connectivity index (χ3n) is 9.90. The van der Waals surface area contributed by atoms with Gasteiger partial charge < -0.3 is 15.3 Å². The summed E-state index contributed by atoms with van der Waals surface area (Å²) in [7, 11) is 0. The molecule has 6 unspecified atom stereocenters. The van der Waals surface area contributed by atoms with Crippen LogP contribution < -0.4 is 0 Å². The van der Waals surface area contributed by atoms with Gasteiger partial charge in [0.2, 0.25) is 0 Å². The quantitative estimate of drug-likeness (QED) is 0.600. The zero-order valence-electron chi connectivity index (χ0n) is 19.0. The molecule has 0 radical (unpaired) electrons. The molecule has 1 aromatic carbocycles. The number of aliphatic hydroxyl groups excluding tert-OH is 1. The Hall–Kier alpha value is -1.75. The first-order chi connectivity index (χ1) is 15.3. The van der Waals surface area contributed by atoms with Crippen molar-refractivity contribution in [3.8, 4) is 0 Å². The molecular formula is C28H35NO3. The van der Waals surface area contributed by atoms with E-state index in [0.29, 0.717) is 31.1 Å². The Bertz CT molecular complexity index is 1080. The van der Waals surface area contributed by atoms with Gasteiger partial charge >= 0.3 is 0 Å². The maximum Gasteiger partial charge on any atom is 0.0972 e. The fourth-order valence-electron chi connectivity index (χ4n) is 8.10. The number of hydrogen-bond acceptors (Lipinski definition) is 4. The van der Waals surface area contributed by atoms with Crippen LogP contribution in [0.1, 0.15) is 70.3 Å². The summed E-state index contributed by atoms with van der Waals surface area (Å²) >= 11 is 0. The second kappa shape index (κ2) is 7.12. The number of benzene rings is 1. The summed E-state index contributed by atoms with van der Waals surface area (Å²) in [6.07, 6.45) is 11.2. The average Bonchev–Trinajstić information content (AvgIpc) is 3.09. The Morgan fingerprint density at radius 1 is 1.00 bits per heavy atom.